The lowest BCUT2D eigenvalue weighted by Gasteiger charge is -2.18. The van der Waals surface area contributed by atoms with E-state index in [0.717, 1.165) is 28.2 Å². The van der Waals surface area contributed by atoms with Crippen molar-refractivity contribution >= 4 is 31.6 Å². The Bertz CT molecular complexity index is 1080. The second-order valence-electron chi connectivity index (χ2n) is 5.91. The molecule has 1 aromatic heterocycles. The Morgan fingerprint density at radius 3 is 2.50 bits per heavy atom. The summed E-state index contributed by atoms with van der Waals surface area (Å²) in [6.45, 7) is 1.92. The Morgan fingerprint density at radius 2 is 1.88 bits per heavy atom. The number of aryl methyl sites for hydroxylation is 1. The normalized spacial score (nSPS) is 13.0. The van der Waals surface area contributed by atoms with Gasteiger partial charge < -0.3 is 9.30 Å². The number of benzene rings is 2. The van der Waals surface area contributed by atoms with Crippen LogP contribution in [0, 0.1) is 0 Å². The van der Waals surface area contributed by atoms with Gasteiger partial charge in [-0.05, 0) is 42.3 Å². The standard InChI is InChI=1S/C18H20N2O4S2/c1-4-15(12-5-7-13(24-3)8-6-12)19-26(22,23)14-9-10-16-17(11-14)25-18(21)20(16)2/h5-11,15,19H,4H2,1-3H3/t15-/m1/s1. The lowest BCUT2D eigenvalue weighted by atomic mass is 10.1. The predicted octanol–water partition coefficient (Wildman–Crippen LogP) is 3.04. The summed E-state index contributed by atoms with van der Waals surface area (Å²) < 4.78 is 35.7. The molecule has 3 rings (SSSR count). The van der Waals surface area contributed by atoms with E-state index >= 15 is 0 Å². The molecule has 8 heteroatoms. The minimum atomic E-state index is -3.72. The van der Waals surface area contributed by atoms with Gasteiger partial charge in [0.15, 0.2) is 0 Å². The zero-order chi connectivity index (χ0) is 18.9. The van der Waals surface area contributed by atoms with Crippen LogP contribution < -0.4 is 14.3 Å². The summed E-state index contributed by atoms with van der Waals surface area (Å²) in [6, 6.07) is 11.7. The van der Waals surface area contributed by atoms with Crippen molar-refractivity contribution in [2.45, 2.75) is 24.3 Å². The molecule has 0 aliphatic heterocycles. The maximum atomic E-state index is 12.8. The topological polar surface area (TPSA) is 77.4 Å². The van der Waals surface area contributed by atoms with Crippen LogP contribution in [0.25, 0.3) is 10.2 Å². The lowest BCUT2D eigenvalue weighted by molar-refractivity contribution is 0.414. The van der Waals surface area contributed by atoms with Crippen molar-refractivity contribution in [1.29, 1.82) is 0 Å². The van der Waals surface area contributed by atoms with Crippen LogP contribution in [-0.4, -0.2) is 20.1 Å². The molecule has 2 aromatic carbocycles. The van der Waals surface area contributed by atoms with Gasteiger partial charge in [-0.2, -0.15) is 0 Å². The molecule has 0 spiro atoms. The third kappa shape index (κ3) is 3.53. The fourth-order valence-electron chi connectivity index (χ4n) is 2.76. The number of rotatable bonds is 6. The highest BCUT2D eigenvalue weighted by molar-refractivity contribution is 7.89. The van der Waals surface area contributed by atoms with Crippen LogP contribution in [0.5, 0.6) is 5.75 Å². The SMILES string of the molecule is CC[C@@H](NS(=O)(=O)c1ccc2c(c1)sc(=O)n2C)c1ccc(OC)cc1. The Kier molecular flexibility index (Phi) is 5.17. The van der Waals surface area contributed by atoms with E-state index in [9.17, 15) is 13.2 Å². The van der Waals surface area contributed by atoms with Crippen molar-refractivity contribution in [2.24, 2.45) is 7.05 Å². The highest BCUT2D eigenvalue weighted by atomic mass is 32.2. The molecule has 0 aliphatic carbocycles. The molecule has 1 N–H and O–H groups in total. The average Bonchev–Trinajstić information content (AvgIpc) is 2.93. The van der Waals surface area contributed by atoms with Gasteiger partial charge in [0.25, 0.3) is 0 Å². The van der Waals surface area contributed by atoms with Crippen molar-refractivity contribution in [3.63, 3.8) is 0 Å². The number of sulfonamides is 1. The minimum Gasteiger partial charge on any atom is -0.497 e. The average molecular weight is 393 g/mol. The first-order valence-corrected chi connectivity index (χ1v) is 10.4. The first kappa shape index (κ1) is 18.6. The number of nitrogens with zero attached hydrogens (tertiary/aromatic N) is 1. The fraction of sp³-hybridized carbons (Fsp3) is 0.278. The monoisotopic (exact) mass is 392 g/mol. The zero-order valence-electron chi connectivity index (χ0n) is 14.7. The number of hydrogen-bond acceptors (Lipinski definition) is 5. The van der Waals surface area contributed by atoms with Crippen LogP contribution in [0.1, 0.15) is 24.9 Å². The molecule has 0 fully saturated rings. The van der Waals surface area contributed by atoms with E-state index in [-0.39, 0.29) is 15.8 Å². The fourth-order valence-corrected chi connectivity index (χ4v) is 5.09. The lowest BCUT2D eigenvalue weighted by Crippen LogP contribution is -2.28. The van der Waals surface area contributed by atoms with Crippen LogP contribution >= 0.6 is 11.3 Å². The van der Waals surface area contributed by atoms with Crippen LogP contribution in [0.3, 0.4) is 0 Å². The predicted molar refractivity (Wildman–Crippen MR) is 103 cm³/mol. The number of nitrogens with one attached hydrogen (secondary N) is 1. The molecule has 1 heterocycles. The first-order valence-electron chi connectivity index (χ1n) is 8.11. The minimum absolute atomic E-state index is 0.118. The Labute approximate surface area is 156 Å². The van der Waals surface area contributed by atoms with Gasteiger partial charge in [-0.25, -0.2) is 13.1 Å². The smallest absolute Gasteiger partial charge is 0.307 e. The van der Waals surface area contributed by atoms with E-state index in [1.165, 1.54) is 10.6 Å². The summed E-state index contributed by atoms with van der Waals surface area (Å²) >= 11 is 1.04. The molecule has 0 unspecified atom stereocenters. The largest absolute Gasteiger partial charge is 0.497 e. The molecule has 6 nitrogen and oxygen atoms in total. The number of ether oxygens (including phenoxy) is 1. The maximum absolute atomic E-state index is 12.8. The molecular weight excluding hydrogens is 372 g/mol. The van der Waals surface area contributed by atoms with Gasteiger partial charge in [-0.1, -0.05) is 30.4 Å². The number of fused-ring (bicyclic) bond motifs is 1. The number of thiazole rings is 1. The summed E-state index contributed by atoms with van der Waals surface area (Å²) in [4.78, 5) is 11.8. The van der Waals surface area contributed by atoms with Crippen LogP contribution in [0.4, 0.5) is 0 Å². The summed E-state index contributed by atoms with van der Waals surface area (Å²) in [5.74, 6) is 0.718. The maximum Gasteiger partial charge on any atom is 0.307 e. The molecule has 26 heavy (non-hydrogen) atoms. The second kappa shape index (κ2) is 7.22. The third-order valence-electron chi connectivity index (χ3n) is 4.30. The van der Waals surface area contributed by atoms with E-state index in [2.05, 4.69) is 4.72 Å². The third-order valence-corrected chi connectivity index (χ3v) is 6.76. The molecule has 0 aliphatic rings. The molecule has 138 valence electrons. The highest BCUT2D eigenvalue weighted by Gasteiger charge is 2.21. The summed E-state index contributed by atoms with van der Waals surface area (Å²) in [7, 11) is -0.459. The Morgan fingerprint density at radius 1 is 1.19 bits per heavy atom. The van der Waals surface area contributed by atoms with Gasteiger partial charge >= 0.3 is 4.87 Å². The molecule has 1 atom stereocenters. The van der Waals surface area contributed by atoms with Gasteiger partial charge in [0.05, 0.1) is 22.2 Å². The molecule has 0 radical (unpaired) electrons. The van der Waals surface area contributed by atoms with Crippen molar-refractivity contribution < 1.29 is 13.2 Å². The van der Waals surface area contributed by atoms with Crippen LogP contribution in [0.2, 0.25) is 0 Å². The van der Waals surface area contributed by atoms with Crippen molar-refractivity contribution in [3.8, 4) is 5.75 Å². The molecule has 3 aromatic rings. The quantitative estimate of drug-likeness (QED) is 0.699. The highest BCUT2D eigenvalue weighted by Crippen LogP contribution is 2.25. The van der Waals surface area contributed by atoms with Crippen LogP contribution in [0.15, 0.2) is 52.2 Å². The van der Waals surface area contributed by atoms with Gasteiger partial charge in [-0.15, -0.1) is 0 Å². The zero-order valence-corrected chi connectivity index (χ0v) is 16.4. The van der Waals surface area contributed by atoms with Gasteiger partial charge in [0, 0.05) is 13.1 Å². The van der Waals surface area contributed by atoms with Crippen molar-refractivity contribution in [2.75, 3.05) is 7.11 Å². The Hall–Kier alpha value is -2.16. The molecule has 0 saturated heterocycles. The molecule has 0 bridgehead atoms. The van der Waals surface area contributed by atoms with Gasteiger partial charge in [-0.3, -0.25) is 4.79 Å². The van der Waals surface area contributed by atoms with Crippen LogP contribution in [-0.2, 0) is 17.1 Å². The van der Waals surface area contributed by atoms with E-state index in [1.54, 1.807) is 38.4 Å². The molecule has 0 amide bonds. The van der Waals surface area contributed by atoms with Crippen molar-refractivity contribution in [1.82, 2.24) is 9.29 Å². The first-order chi connectivity index (χ1) is 12.4. The van der Waals surface area contributed by atoms with Crippen molar-refractivity contribution in [3.05, 3.63) is 57.7 Å². The number of methoxy groups -OCH3 is 1. The summed E-state index contributed by atoms with van der Waals surface area (Å²) in [5, 5.41) is 0. The second-order valence-corrected chi connectivity index (χ2v) is 8.62. The molecule has 0 saturated carbocycles. The summed E-state index contributed by atoms with van der Waals surface area (Å²) in [6.07, 6.45) is 0.604. The Balaban J connectivity index is 1.92. The summed E-state index contributed by atoms with van der Waals surface area (Å²) in [5.41, 5.74) is 1.59. The van der Waals surface area contributed by atoms with E-state index in [1.807, 2.05) is 19.1 Å². The van der Waals surface area contributed by atoms with Gasteiger partial charge in [0.2, 0.25) is 10.0 Å². The number of aromatic nitrogens is 1. The van der Waals surface area contributed by atoms with E-state index in [0.29, 0.717) is 11.1 Å². The van der Waals surface area contributed by atoms with Gasteiger partial charge in [0.1, 0.15) is 5.75 Å². The number of hydrogen-bond donors (Lipinski definition) is 1. The van der Waals surface area contributed by atoms with E-state index < -0.39 is 10.0 Å². The van der Waals surface area contributed by atoms with E-state index in [4.69, 9.17) is 4.74 Å². The molecular formula is C18H20N2O4S2.